The van der Waals surface area contributed by atoms with Gasteiger partial charge in [0, 0.05) is 12.8 Å². The fourth-order valence-corrected chi connectivity index (χ4v) is 2.60. The van der Waals surface area contributed by atoms with Gasteiger partial charge in [-0.3, -0.25) is 0 Å². The summed E-state index contributed by atoms with van der Waals surface area (Å²) < 4.78 is 1.37. The zero-order valence-electron chi connectivity index (χ0n) is 11.2. The zero-order chi connectivity index (χ0) is 12.3. The molecule has 0 saturated carbocycles. The van der Waals surface area contributed by atoms with E-state index in [0.29, 0.717) is 0 Å². The summed E-state index contributed by atoms with van der Waals surface area (Å²) in [6.07, 6.45) is 11.6. The summed E-state index contributed by atoms with van der Waals surface area (Å²) >= 11 is 0. The maximum absolute atomic E-state index is 6.25. The van der Waals surface area contributed by atoms with Crippen molar-refractivity contribution in [2.24, 2.45) is 0 Å². The van der Waals surface area contributed by atoms with Crippen LogP contribution in [0, 0.1) is 11.8 Å². The third kappa shape index (κ3) is 6.85. The van der Waals surface area contributed by atoms with Crippen molar-refractivity contribution >= 4 is 0 Å². The predicted octanol–water partition coefficient (Wildman–Crippen LogP) is 3.68. The number of hydrogen-bond donors (Lipinski definition) is 0. The molecule has 0 unspecified atom stereocenters. The Morgan fingerprint density at radius 1 is 0.938 bits per heavy atom. The lowest BCUT2D eigenvalue weighted by molar-refractivity contribution is -0.897. The van der Waals surface area contributed by atoms with Crippen LogP contribution in [0.3, 0.4) is 0 Å². The van der Waals surface area contributed by atoms with Gasteiger partial charge in [-0.05, 0) is 12.8 Å². The molecule has 0 aliphatic carbocycles. The monoisotopic (exact) mass is 224 g/mol. The van der Waals surface area contributed by atoms with Gasteiger partial charge in [0.05, 0.1) is 26.7 Å². The van der Waals surface area contributed by atoms with Crippen molar-refractivity contribution in [1.82, 2.24) is 0 Å². The van der Waals surface area contributed by atoms with E-state index in [1.54, 1.807) is 0 Å². The van der Waals surface area contributed by atoms with E-state index in [1.807, 2.05) is 0 Å². The lowest BCUT2D eigenvalue weighted by Crippen LogP contribution is -2.41. The molecule has 2 nitrogen and oxygen atoms in total. The smallest absolute Gasteiger partial charge is 0.0786 e. The SMILES string of the molecule is CCCCCCCC[N+]1(C)CCCC1.[C-]#N. The number of unbranched alkanes of at least 4 members (excludes halogenated alkanes) is 5. The Kier molecular flexibility index (Phi) is 9.33. The lowest BCUT2D eigenvalue weighted by atomic mass is 10.1. The third-order valence-corrected chi connectivity index (χ3v) is 3.70. The maximum Gasteiger partial charge on any atom is 0.0786 e. The Bertz CT molecular complexity index is 169. The van der Waals surface area contributed by atoms with Gasteiger partial charge in [0.25, 0.3) is 0 Å². The minimum Gasteiger partial charge on any atom is -0.512 e. The molecule has 1 rings (SSSR count). The Labute approximate surface area is 102 Å². The molecular formula is C14H28N2. The molecule has 0 N–H and O–H groups in total. The van der Waals surface area contributed by atoms with E-state index in [9.17, 15) is 0 Å². The molecule has 1 aliphatic heterocycles. The molecule has 0 aromatic heterocycles. The number of quaternary nitrogens is 1. The van der Waals surface area contributed by atoms with Crippen LogP contribution in [0.1, 0.15) is 58.3 Å². The van der Waals surface area contributed by atoms with E-state index < -0.39 is 0 Å². The van der Waals surface area contributed by atoms with Crippen LogP contribution in [0.4, 0.5) is 0 Å². The molecule has 0 radical (unpaired) electrons. The van der Waals surface area contributed by atoms with Gasteiger partial charge in [0.2, 0.25) is 0 Å². The third-order valence-electron chi connectivity index (χ3n) is 3.70. The summed E-state index contributed by atoms with van der Waals surface area (Å²) in [5, 5.41) is 6.25. The Morgan fingerprint density at radius 3 is 2.00 bits per heavy atom. The van der Waals surface area contributed by atoms with Crippen molar-refractivity contribution in [2.45, 2.75) is 58.3 Å². The highest BCUT2D eigenvalue weighted by Crippen LogP contribution is 2.17. The zero-order valence-corrected chi connectivity index (χ0v) is 11.2. The molecule has 1 heterocycles. The van der Waals surface area contributed by atoms with Gasteiger partial charge >= 0.3 is 0 Å². The number of likely N-dealkylation sites (tertiary alicyclic amines) is 1. The average molecular weight is 224 g/mol. The number of hydrogen-bond acceptors (Lipinski definition) is 1. The predicted molar refractivity (Wildman–Crippen MR) is 68.4 cm³/mol. The van der Waals surface area contributed by atoms with Crippen molar-refractivity contribution in [3.8, 4) is 0 Å². The topological polar surface area (TPSA) is 23.8 Å². The maximum atomic E-state index is 6.25. The molecule has 2 heteroatoms. The van der Waals surface area contributed by atoms with Crippen molar-refractivity contribution in [3.05, 3.63) is 6.57 Å². The summed E-state index contributed by atoms with van der Waals surface area (Å²) in [7, 11) is 2.44. The first-order valence-electron chi connectivity index (χ1n) is 6.83. The Hall–Kier alpha value is -0.550. The van der Waals surface area contributed by atoms with Crippen LogP contribution in [0.5, 0.6) is 0 Å². The standard InChI is InChI=1S/C13H28N.CN/c1-3-4-5-6-7-8-11-14(2)12-9-10-13-14;1-2/h3-13H2,1-2H3;/q+1;-1. The minimum atomic E-state index is 1.37. The second-order valence-corrected chi connectivity index (χ2v) is 5.27. The highest BCUT2D eigenvalue weighted by Gasteiger charge is 2.25. The molecule has 0 amide bonds. The molecule has 94 valence electrons. The summed E-state index contributed by atoms with van der Waals surface area (Å²) in [4.78, 5) is 0. The molecule has 1 aliphatic rings. The molecule has 0 bridgehead atoms. The van der Waals surface area contributed by atoms with Gasteiger partial charge in [0.1, 0.15) is 0 Å². The van der Waals surface area contributed by atoms with Crippen molar-refractivity contribution < 1.29 is 4.48 Å². The normalized spacial score (nSPS) is 17.8. The molecule has 0 aromatic rings. The molecule has 1 fully saturated rings. The largest absolute Gasteiger partial charge is 0.512 e. The Balaban J connectivity index is 0.00000106. The first kappa shape index (κ1) is 15.4. The van der Waals surface area contributed by atoms with Gasteiger partial charge < -0.3 is 16.3 Å². The van der Waals surface area contributed by atoms with Gasteiger partial charge in [0.15, 0.2) is 0 Å². The fraction of sp³-hybridized carbons (Fsp3) is 0.929. The molecule has 0 atom stereocenters. The first-order chi connectivity index (χ1) is 7.77. The molecule has 0 spiro atoms. The first-order valence-corrected chi connectivity index (χ1v) is 6.83. The van der Waals surface area contributed by atoms with Crippen LogP contribution in [0.25, 0.3) is 0 Å². The quantitative estimate of drug-likeness (QED) is 0.367. The minimum absolute atomic E-state index is 1.37. The summed E-state index contributed by atoms with van der Waals surface area (Å²) in [5.41, 5.74) is 0. The average Bonchev–Trinajstić information content (AvgIpc) is 2.74. The van der Waals surface area contributed by atoms with Crippen molar-refractivity contribution in [2.75, 3.05) is 26.7 Å². The van der Waals surface area contributed by atoms with E-state index in [2.05, 4.69) is 14.0 Å². The fourth-order valence-electron chi connectivity index (χ4n) is 2.60. The second kappa shape index (κ2) is 9.66. The van der Waals surface area contributed by atoms with Gasteiger partial charge in [-0.2, -0.15) is 0 Å². The van der Waals surface area contributed by atoms with E-state index in [0.717, 1.165) is 0 Å². The van der Waals surface area contributed by atoms with Gasteiger partial charge in [-0.15, -0.1) is 0 Å². The van der Waals surface area contributed by atoms with Crippen LogP contribution in [0.15, 0.2) is 0 Å². The second-order valence-electron chi connectivity index (χ2n) is 5.27. The van der Waals surface area contributed by atoms with E-state index in [4.69, 9.17) is 11.8 Å². The summed E-state index contributed by atoms with van der Waals surface area (Å²) in [6.45, 7) is 11.4. The van der Waals surface area contributed by atoms with Crippen LogP contribution in [-0.2, 0) is 0 Å². The van der Waals surface area contributed by atoms with Crippen LogP contribution < -0.4 is 0 Å². The van der Waals surface area contributed by atoms with Crippen LogP contribution in [-0.4, -0.2) is 31.2 Å². The van der Waals surface area contributed by atoms with Crippen LogP contribution >= 0.6 is 0 Å². The summed E-state index contributed by atoms with van der Waals surface area (Å²) in [6, 6.07) is 0. The number of rotatable bonds is 7. The molecule has 0 aromatic carbocycles. The molecular weight excluding hydrogens is 196 g/mol. The molecule has 1 saturated heterocycles. The lowest BCUT2D eigenvalue weighted by Gasteiger charge is -2.29. The van der Waals surface area contributed by atoms with Gasteiger partial charge in [-0.1, -0.05) is 32.6 Å². The van der Waals surface area contributed by atoms with Crippen molar-refractivity contribution in [3.63, 3.8) is 0 Å². The van der Waals surface area contributed by atoms with E-state index in [-0.39, 0.29) is 0 Å². The number of nitrogens with zero attached hydrogens (tertiary/aromatic N) is 2. The Morgan fingerprint density at radius 2 is 1.44 bits per heavy atom. The van der Waals surface area contributed by atoms with Crippen molar-refractivity contribution in [1.29, 1.82) is 5.26 Å². The van der Waals surface area contributed by atoms with Gasteiger partial charge in [-0.25, -0.2) is 0 Å². The van der Waals surface area contributed by atoms with E-state index in [1.165, 1.54) is 75.5 Å². The van der Waals surface area contributed by atoms with E-state index >= 15 is 0 Å². The highest BCUT2D eigenvalue weighted by molar-refractivity contribution is 4.52. The summed E-state index contributed by atoms with van der Waals surface area (Å²) in [5.74, 6) is 0. The molecule has 16 heavy (non-hydrogen) atoms. The highest BCUT2D eigenvalue weighted by atomic mass is 15.3. The van der Waals surface area contributed by atoms with Crippen LogP contribution in [0.2, 0.25) is 0 Å².